The lowest BCUT2D eigenvalue weighted by atomic mass is 10.1. The number of rotatable bonds is 8. The van der Waals surface area contributed by atoms with E-state index in [9.17, 15) is 13.2 Å². The van der Waals surface area contributed by atoms with Crippen molar-refractivity contribution in [3.63, 3.8) is 0 Å². The fraction of sp³-hybridized carbons (Fsp3) is 0.500. The number of nitrogens with zero attached hydrogens (tertiary/aromatic N) is 3. The van der Waals surface area contributed by atoms with E-state index in [-0.39, 0.29) is 42.4 Å². The Morgan fingerprint density at radius 3 is 2.59 bits per heavy atom. The molecule has 0 spiro atoms. The molecule has 7 nitrogen and oxygen atoms in total. The van der Waals surface area contributed by atoms with Gasteiger partial charge in [0.05, 0.1) is 17.8 Å². The minimum absolute atomic E-state index is 0. The zero-order valence-electron chi connectivity index (χ0n) is 16.4. The Morgan fingerprint density at radius 2 is 2.03 bits per heavy atom. The van der Waals surface area contributed by atoms with Gasteiger partial charge in [0.2, 0.25) is 5.88 Å². The first-order valence-electron chi connectivity index (χ1n) is 8.93. The Kier molecular flexibility index (Phi) is 10.2. The molecule has 0 fully saturated rings. The summed E-state index contributed by atoms with van der Waals surface area (Å²) >= 11 is 0. The first-order chi connectivity index (χ1) is 13.3. The number of nitrogens with one attached hydrogen (secondary N) is 2. The molecule has 162 valence electrons. The van der Waals surface area contributed by atoms with Gasteiger partial charge in [-0.25, -0.2) is 9.98 Å². The standard InChI is InChI=1S/C18H24F3N5O2.HI/c1-4-22-17(25-11-14-9-15(12(2)3)26-28-14)23-7-8-27-16-6-5-13(10-24-16)18(19,20)21;/h5-6,9-10,12H,4,7-8,11H2,1-3H3,(H2,22,23,25);1H. The fourth-order valence-electron chi connectivity index (χ4n) is 2.13. The van der Waals surface area contributed by atoms with E-state index in [4.69, 9.17) is 9.26 Å². The highest BCUT2D eigenvalue weighted by atomic mass is 127. The van der Waals surface area contributed by atoms with Crippen molar-refractivity contribution < 1.29 is 22.4 Å². The first kappa shape index (κ1) is 25.0. The van der Waals surface area contributed by atoms with Crippen molar-refractivity contribution in [2.45, 2.75) is 39.4 Å². The lowest BCUT2D eigenvalue weighted by Gasteiger charge is -2.12. The van der Waals surface area contributed by atoms with Crippen LogP contribution < -0.4 is 15.4 Å². The number of hydrogen-bond acceptors (Lipinski definition) is 5. The van der Waals surface area contributed by atoms with Gasteiger partial charge < -0.3 is 19.9 Å². The topological polar surface area (TPSA) is 84.6 Å². The number of halogens is 4. The fourth-order valence-corrected chi connectivity index (χ4v) is 2.13. The van der Waals surface area contributed by atoms with E-state index >= 15 is 0 Å². The van der Waals surface area contributed by atoms with Gasteiger partial charge in [0, 0.05) is 24.9 Å². The zero-order chi connectivity index (χ0) is 20.6. The molecule has 0 aromatic carbocycles. The first-order valence-corrected chi connectivity index (χ1v) is 8.93. The average molecular weight is 527 g/mol. The number of pyridine rings is 1. The second-order valence-corrected chi connectivity index (χ2v) is 6.23. The normalized spacial score (nSPS) is 11.9. The third-order valence-corrected chi connectivity index (χ3v) is 3.61. The maximum absolute atomic E-state index is 12.5. The Hall–Kier alpha value is -2.05. The van der Waals surface area contributed by atoms with Gasteiger partial charge >= 0.3 is 6.18 Å². The van der Waals surface area contributed by atoms with Gasteiger partial charge in [0.1, 0.15) is 13.2 Å². The second kappa shape index (κ2) is 11.8. The summed E-state index contributed by atoms with van der Waals surface area (Å²) in [6, 6.07) is 4.00. The van der Waals surface area contributed by atoms with E-state index < -0.39 is 11.7 Å². The molecule has 0 unspecified atom stereocenters. The van der Waals surface area contributed by atoms with Crippen LogP contribution in [0.1, 0.15) is 43.7 Å². The third-order valence-electron chi connectivity index (χ3n) is 3.61. The lowest BCUT2D eigenvalue weighted by Crippen LogP contribution is -2.39. The summed E-state index contributed by atoms with van der Waals surface area (Å²) in [5.41, 5.74) is 0.0631. The summed E-state index contributed by atoms with van der Waals surface area (Å²) in [7, 11) is 0. The molecule has 0 saturated heterocycles. The van der Waals surface area contributed by atoms with E-state index in [2.05, 4.69) is 25.8 Å². The minimum Gasteiger partial charge on any atom is -0.476 e. The summed E-state index contributed by atoms with van der Waals surface area (Å²) in [6.45, 7) is 7.59. The van der Waals surface area contributed by atoms with Crippen molar-refractivity contribution in [2.75, 3.05) is 19.7 Å². The van der Waals surface area contributed by atoms with Crippen molar-refractivity contribution in [1.82, 2.24) is 20.8 Å². The van der Waals surface area contributed by atoms with E-state index in [0.29, 0.717) is 31.4 Å². The number of guanidine groups is 1. The quantitative estimate of drug-likeness (QED) is 0.234. The molecule has 0 aliphatic heterocycles. The molecule has 0 atom stereocenters. The van der Waals surface area contributed by atoms with Gasteiger partial charge in [-0.15, -0.1) is 24.0 Å². The summed E-state index contributed by atoms with van der Waals surface area (Å²) in [6.07, 6.45) is -3.67. The molecule has 29 heavy (non-hydrogen) atoms. The average Bonchev–Trinajstić information content (AvgIpc) is 3.12. The molecule has 0 radical (unpaired) electrons. The van der Waals surface area contributed by atoms with Crippen LogP contribution in [0.5, 0.6) is 5.88 Å². The van der Waals surface area contributed by atoms with Gasteiger partial charge in [0.15, 0.2) is 11.7 Å². The molecule has 2 N–H and O–H groups in total. The third kappa shape index (κ3) is 8.46. The monoisotopic (exact) mass is 527 g/mol. The molecular formula is C18H25F3IN5O2. The number of aliphatic imine (C=N–C) groups is 1. The molecule has 2 heterocycles. The van der Waals surface area contributed by atoms with Crippen LogP contribution in [-0.2, 0) is 12.7 Å². The Morgan fingerprint density at radius 1 is 1.28 bits per heavy atom. The van der Waals surface area contributed by atoms with Crippen LogP contribution in [0.15, 0.2) is 33.9 Å². The molecule has 0 amide bonds. The van der Waals surface area contributed by atoms with Crippen LogP contribution in [0.3, 0.4) is 0 Å². The molecule has 0 bridgehead atoms. The van der Waals surface area contributed by atoms with Gasteiger partial charge in [-0.1, -0.05) is 19.0 Å². The molecule has 2 aromatic heterocycles. The summed E-state index contributed by atoms with van der Waals surface area (Å²) in [5.74, 6) is 1.63. The number of ether oxygens (including phenoxy) is 1. The molecule has 0 saturated carbocycles. The Balaban J connectivity index is 0.00000420. The highest BCUT2D eigenvalue weighted by molar-refractivity contribution is 14.0. The van der Waals surface area contributed by atoms with E-state index in [0.717, 1.165) is 18.0 Å². The minimum atomic E-state index is -4.41. The van der Waals surface area contributed by atoms with Gasteiger partial charge in [-0.3, -0.25) is 0 Å². The van der Waals surface area contributed by atoms with E-state index in [1.807, 2.05) is 26.8 Å². The number of alkyl halides is 3. The smallest absolute Gasteiger partial charge is 0.417 e. The summed E-state index contributed by atoms with van der Waals surface area (Å²) < 4.78 is 48.1. The highest BCUT2D eigenvalue weighted by Gasteiger charge is 2.30. The van der Waals surface area contributed by atoms with Gasteiger partial charge in [0.25, 0.3) is 0 Å². The predicted molar refractivity (Wildman–Crippen MR) is 114 cm³/mol. The maximum Gasteiger partial charge on any atom is 0.417 e. The van der Waals surface area contributed by atoms with Crippen molar-refractivity contribution in [3.8, 4) is 5.88 Å². The zero-order valence-corrected chi connectivity index (χ0v) is 18.7. The van der Waals surface area contributed by atoms with Crippen LogP contribution in [0.25, 0.3) is 0 Å². The van der Waals surface area contributed by atoms with Crippen molar-refractivity contribution in [1.29, 1.82) is 0 Å². The molecule has 11 heteroatoms. The highest BCUT2D eigenvalue weighted by Crippen LogP contribution is 2.29. The summed E-state index contributed by atoms with van der Waals surface area (Å²) in [5, 5.41) is 10.1. The molecule has 0 aliphatic rings. The van der Waals surface area contributed by atoms with Crippen molar-refractivity contribution in [3.05, 3.63) is 41.4 Å². The van der Waals surface area contributed by atoms with Crippen LogP contribution in [0.4, 0.5) is 13.2 Å². The molecule has 2 aromatic rings. The van der Waals surface area contributed by atoms with E-state index in [1.165, 1.54) is 6.07 Å². The van der Waals surface area contributed by atoms with Crippen molar-refractivity contribution in [2.24, 2.45) is 4.99 Å². The second-order valence-electron chi connectivity index (χ2n) is 6.23. The molecule has 2 rings (SSSR count). The SMILES string of the molecule is CCNC(=NCc1cc(C(C)C)no1)NCCOc1ccc(C(F)(F)F)cn1.I. The van der Waals surface area contributed by atoms with Gasteiger partial charge in [-0.2, -0.15) is 13.2 Å². The Labute approximate surface area is 184 Å². The van der Waals surface area contributed by atoms with Crippen LogP contribution in [0.2, 0.25) is 0 Å². The van der Waals surface area contributed by atoms with Crippen LogP contribution in [0, 0.1) is 0 Å². The summed E-state index contributed by atoms with van der Waals surface area (Å²) in [4.78, 5) is 8.06. The largest absolute Gasteiger partial charge is 0.476 e. The number of aromatic nitrogens is 2. The van der Waals surface area contributed by atoms with Gasteiger partial charge in [-0.05, 0) is 18.9 Å². The van der Waals surface area contributed by atoms with Crippen LogP contribution >= 0.6 is 24.0 Å². The Bertz CT molecular complexity index is 764. The maximum atomic E-state index is 12.5. The number of hydrogen-bond donors (Lipinski definition) is 2. The van der Waals surface area contributed by atoms with E-state index in [1.54, 1.807) is 0 Å². The molecular weight excluding hydrogens is 502 g/mol. The van der Waals surface area contributed by atoms with Crippen molar-refractivity contribution >= 4 is 29.9 Å². The van der Waals surface area contributed by atoms with Crippen LogP contribution in [-0.4, -0.2) is 35.8 Å². The molecule has 0 aliphatic carbocycles. The lowest BCUT2D eigenvalue weighted by molar-refractivity contribution is -0.137. The predicted octanol–water partition coefficient (Wildman–Crippen LogP) is 3.96.